The van der Waals surface area contributed by atoms with Crippen LogP contribution in [0.5, 0.6) is 11.5 Å². The smallest absolute Gasteiger partial charge is 0.271 e. The second-order valence-electron chi connectivity index (χ2n) is 4.77. The second-order valence-corrected chi connectivity index (χ2v) is 5.18. The number of nitrogens with one attached hydrogen (secondary N) is 1. The highest BCUT2D eigenvalue weighted by atomic mass is 35.5. The van der Waals surface area contributed by atoms with E-state index in [4.69, 9.17) is 21.1 Å². The molecule has 0 fully saturated rings. The van der Waals surface area contributed by atoms with Gasteiger partial charge in [0.05, 0.1) is 20.4 Å². The molecule has 5 nitrogen and oxygen atoms in total. The standard InChI is InChI=1S/C17H17ClN2O3/c1-11-4-5-12(8-15(11)18)17(21)20-19-10-13-6-7-14(22-2)9-16(13)23-3/h4-10H,1-3H3,(H,20,21)/b19-10-. The number of methoxy groups -OCH3 is 2. The van der Waals surface area contributed by atoms with E-state index < -0.39 is 0 Å². The van der Waals surface area contributed by atoms with E-state index in [0.29, 0.717) is 22.1 Å². The van der Waals surface area contributed by atoms with Crippen molar-refractivity contribution in [3.05, 3.63) is 58.1 Å². The van der Waals surface area contributed by atoms with Crippen molar-refractivity contribution in [3.8, 4) is 11.5 Å². The molecule has 0 saturated heterocycles. The van der Waals surface area contributed by atoms with Gasteiger partial charge in [-0.25, -0.2) is 5.43 Å². The molecule has 0 bridgehead atoms. The Morgan fingerprint density at radius 2 is 1.96 bits per heavy atom. The summed E-state index contributed by atoms with van der Waals surface area (Å²) in [5.74, 6) is 0.939. The third-order valence-electron chi connectivity index (χ3n) is 3.24. The van der Waals surface area contributed by atoms with E-state index in [9.17, 15) is 4.79 Å². The largest absolute Gasteiger partial charge is 0.497 e. The summed E-state index contributed by atoms with van der Waals surface area (Å²) < 4.78 is 10.4. The first kappa shape index (κ1) is 16.8. The predicted octanol–water partition coefficient (Wildman–Crippen LogP) is 3.43. The van der Waals surface area contributed by atoms with Crippen LogP contribution in [-0.2, 0) is 0 Å². The van der Waals surface area contributed by atoms with Gasteiger partial charge in [-0.05, 0) is 36.8 Å². The maximum absolute atomic E-state index is 12.0. The maximum Gasteiger partial charge on any atom is 0.271 e. The fourth-order valence-electron chi connectivity index (χ4n) is 1.88. The van der Waals surface area contributed by atoms with Gasteiger partial charge < -0.3 is 9.47 Å². The molecule has 0 atom stereocenters. The molecule has 0 aliphatic rings. The highest BCUT2D eigenvalue weighted by Gasteiger charge is 2.07. The van der Waals surface area contributed by atoms with Crippen molar-refractivity contribution in [1.29, 1.82) is 0 Å². The maximum atomic E-state index is 12.0. The molecule has 1 amide bonds. The minimum atomic E-state index is -0.337. The molecule has 2 aromatic carbocycles. The number of carbonyl (C=O) groups is 1. The number of amides is 1. The van der Waals surface area contributed by atoms with Crippen LogP contribution in [0, 0.1) is 6.92 Å². The molecule has 0 saturated carbocycles. The predicted molar refractivity (Wildman–Crippen MR) is 90.8 cm³/mol. The van der Waals surface area contributed by atoms with Gasteiger partial charge in [0.2, 0.25) is 0 Å². The van der Waals surface area contributed by atoms with Crippen LogP contribution in [-0.4, -0.2) is 26.3 Å². The highest BCUT2D eigenvalue weighted by Crippen LogP contribution is 2.23. The molecule has 23 heavy (non-hydrogen) atoms. The lowest BCUT2D eigenvalue weighted by atomic mass is 10.1. The van der Waals surface area contributed by atoms with Crippen molar-refractivity contribution >= 4 is 23.7 Å². The summed E-state index contributed by atoms with van der Waals surface area (Å²) in [6, 6.07) is 10.4. The summed E-state index contributed by atoms with van der Waals surface area (Å²) in [6.07, 6.45) is 1.51. The zero-order chi connectivity index (χ0) is 16.8. The lowest BCUT2D eigenvalue weighted by molar-refractivity contribution is 0.0955. The SMILES string of the molecule is COc1ccc(/C=N\NC(=O)c2ccc(C)c(Cl)c2)c(OC)c1. The first-order valence-corrected chi connectivity index (χ1v) is 7.24. The van der Waals surface area contributed by atoms with E-state index in [1.807, 2.05) is 6.92 Å². The molecule has 0 spiro atoms. The van der Waals surface area contributed by atoms with Crippen molar-refractivity contribution in [2.24, 2.45) is 5.10 Å². The van der Waals surface area contributed by atoms with Crippen molar-refractivity contribution in [3.63, 3.8) is 0 Å². The number of ether oxygens (including phenoxy) is 2. The fraction of sp³-hybridized carbons (Fsp3) is 0.176. The Morgan fingerprint density at radius 3 is 2.61 bits per heavy atom. The molecule has 1 N–H and O–H groups in total. The lowest BCUT2D eigenvalue weighted by Gasteiger charge is -2.07. The van der Waals surface area contributed by atoms with Crippen molar-refractivity contribution in [1.82, 2.24) is 5.43 Å². The molecule has 0 aliphatic carbocycles. The molecule has 0 unspecified atom stereocenters. The van der Waals surface area contributed by atoms with E-state index in [-0.39, 0.29) is 5.91 Å². The van der Waals surface area contributed by atoms with Gasteiger partial charge in [-0.15, -0.1) is 0 Å². The summed E-state index contributed by atoms with van der Waals surface area (Å²) >= 11 is 6.01. The average molecular weight is 333 g/mol. The summed E-state index contributed by atoms with van der Waals surface area (Å²) in [6.45, 7) is 1.87. The first-order valence-electron chi connectivity index (χ1n) is 6.86. The lowest BCUT2D eigenvalue weighted by Crippen LogP contribution is -2.17. The van der Waals surface area contributed by atoms with Gasteiger partial charge in [-0.3, -0.25) is 4.79 Å². The number of rotatable bonds is 5. The Hall–Kier alpha value is -2.53. The molecule has 2 rings (SSSR count). The average Bonchev–Trinajstić information content (AvgIpc) is 2.57. The number of benzene rings is 2. The van der Waals surface area contributed by atoms with E-state index in [2.05, 4.69) is 10.5 Å². The third-order valence-corrected chi connectivity index (χ3v) is 3.65. The number of nitrogens with zero attached hydrogens (tertiary/aromatic N) is 1. The fourth-order valence-corrected chi connectivity index (χ4v) is 2.06. The number of halogens is 1. The van der Waals surface area contributed by atoms with Crippen molar-refractivity contribution in [2.45, 2.75) is 6.92 Å². The van der Waals surface area contributed by atoms with Crippen molar-refractivity contribution in [2.75, 3.05) is 14.2 Å². The molecule has 0 aliphatic heterocycles. The van der Waals surface area contributed by atoms with Crippen LogP contribution in [0.3, 0.4) is 0 Å². The van der Waals surface area contributed by atoms with E-state index in [1.54, 1.807) is 50.6 Å². The number of hydrazone groups is 1. The highest BCUT2D eigenvalue weighted by molar-refractivity contribution is 6.31. The molecule has 0 aromatic heterocycles. The van der Waals surface area contributed by atoms with Gasteiger partial charge in [0.25, 0.3) is 5.91 Å². The van der Waals surface area contributed by atoms with Crippen LogP contribution in [0.2, 0.25) is 5.02 Å². The topological polar surface area (TPSA) is 59.9 Å². The van der Waals surface area contributed by atoms with Crippen molar-refractivity contribution < 1.29 is 14.3 Å². The Morgan fingerprint density at radius 1 is 1.17 bits per heavy atom. The number of carbonyl (C=O) groups excluding carboxylic acids is 1. The van der Waals surface area contributed by atoms with Crippen LogP contribution in [0.25, 0.3) is 0 Å². The van der Waals surface area contributed by atoms with Gasteiger partial charge in [-0.1, -0.05) is 17.7 Å². The van der Waals surface area contributed by atoms with E-state index in [1.165, 1.54) is 6.21 Å². The quantitative estimate of drug-likeness (QED) is 0.674. The van der Waals surface area contributed by atoms with Gasteiger partial charge in [0.15, 0.2) is 0 Å². The molecular formula is C17H17ClN2O3. The first-order chi connectivity index (χ1) is 11.0. The van der Waals surface area contributed by atoms with Crippen LogP contribution < -0.4 is 14.9 Å². The van der Waals surface area contributed by atoms with Crippen LogP contribution in [0.4, 0.5) is 0 Å². The molecule has 6 heteroatoms. The van der Waals surface area contributed by atoms with Crippen LogP contribution >= 0.6 is 11.6 Å². The summed E-state index contributed by atoms with van der Waals surface area (Å²) in [7, 11) is 3.13. The molecular weight excluding hydrogens is 316 g/mol. The third kappa shape index (κ3) is 4.23. The Bertz CT molecular complexity index is 745. The van der Waals surface area contributed by atoms with Crippen LogP contribution in [0.15, 0.2) is 41.5 Å². The summed E-state index contributed by atoms with van der Waals surface area (Å²) in [5.41, 5.74) is 4.53. The zero-order valence-corrected chi connectivity index (χ0v) is 13.8. The normalized spacial score (nSPS) is 10.6. The summed E-state index contributed by atoms with van der Waals surface area (Å²) in [4.78, 5) is 12.0. The van der Waals surface area contributed by atoms with Crippen LogP contribution in [0.1, 0.15) is 21.5 Å². The van der Waals surface area contributed by atoms with Gasteiger partial charge in [0, 0.05) is 22.2 Å². The Labute approximate surface area is 139 Å². The van der Waals surface area contributed by atoms with E-state index >= 15 is 0 Å². The number of aryl methyl sites for hydroxylation is 1. The van der Waals surface area contributed by atoms with Gasteiger partial charge in [0.1, 0.15) is 11.5 Å². The number of hydrogen-bond acceptors (Lipinski definition) is 4. The molecule has 2 aromatic rings. The molecule has 0 heterocycles. The Balaban J connectivity index is 2.09. The monoisotopic (exact) mass is 332 g/mol. The second kappa shape index (κ2) is 7.65. The zero-order valence-electron chi connectivity index (χ0n) is 13.1. The summed E-state index contributed by atoms with van der Waals surface area (Å²) in [5, 5.41) is 4.49. The minimum Gasteiger partial charge on any atom is -0.497 e. The minimum absolute atomic E-state index is 0.337. The Kier molecular flexibility index (Phi) is 5.60. The van der Waals surface area contributed by atoms with E-state index in [0.717, 1.165) is 11.1 Å². The number of hydrogen-bond donors (Lipinski definition) is 1. The van der Waals surface area contributed by atoms with Gasteiger partial charge >= 0.3 is 0 Å². The van der Waals surface area contributed by atoms with Gasteiger partial charge in [-0.2, -0.15) is 5.10 Å². The molecule has 0 radical (unpaired) electrons. The molecule has 120 valence electrons.